The summed E-state index contributed by atoms with van der Waals surface area (Å²) >= 11 is 0. The summed E-state index contributed by atoms with van der Waals surface area (Å²) in [6.07, 6.45) is 0. The van der Waals surface area contributed by atoms with Gasteiger partial charge in [-0.2, -0.15) is 5.10 Å². The van der Waals surface area contributed by atoms with Gasteiger partial charge in [-0.1, -0.05) is 42.5 Å². The molecule has 0 bridgehead atoms. The molecular formula is C24H23N5O3S. The summed E-state index contributed by atoms with van der Waals surface area (Å²) in [5.41, 5.74) is 10.1. The fraction of sp³-hybridized carbons (Fsp3) is 0.0833. The summed E-state index contributed by atoms with van der Waals surface area (Å²) in [5.74, 6) is -0.312. The Kier molecular flexibility index (Phi) is 6.10. The van der Waals surface area contributed by atoms with Gasteiger partial charge in [0.25, 0.3) is 5.91 Å². The first-order valence-electron chi connectivity index (χ1n) is 10.2. The minimum absolute atomic E-state index is 0.0486. The van der Waals surface area contributed by atoms with Gasteiger partial charge >= 0.3 is 0 Å². The Morgan fingerprint density at radius 2 is 1.73 bits per heavy atom. The van der Waals surface area contributed by atoms with Gasteiger partial charge in [0, 0.05) is 17.8 Å². The Morgan fingerprint density at radius 1 is 1.00 bits per heavy atom. The van der Waals surface area contributed by atoms with Gasteiger partial charge in [0.05, 0.1) is 16.3 Å². The third-order valence-electron chi connectivity index (χ3n) is 5.10. The smallest absolute Gasteiger partial charge is 0.274 e. The molecule has 0 atom stereocenters. The third kappa shape index (κ3) is 4.85. The molecule has 4 aromatic rings. The number of hydrogen-bond acceptors (Lipinski definition) is 5. The minimum Gasteiger partial charge on any atom is -0.326 e. The van der Waals surface area contributed by atoms with E-state index in [1.54, 1.807) is 66.2 Å². The van der Waals surface area contributed by atoms with Crippen LogP contribution in [0.25, 0.3) is 16.8 Å². The molecule has 8 nitrogen and oxygen atoms in total. The predicted molar refractivity (Wildman–Crippen MR) is 127 cm³/mol. The van der Waals surface area contributed by atoms with Crippen LogP contribution in [0.2, 0.25) is 0 Å². The van der Waals surface area contributed by atoms with Crippen LogP contribution in [0, 0.1) is 6.92 Å². The summed E-state index contributed by atoms with van der Waals surface area (Å²) in [6.45, 7) is 2.18. The van der Waals surface area contributed by atoms with E-state index < -0.39 is 10.0 Å². The standard InChI is InChI=1S/C24H23N5O3S/c1-16-13-22(24(30)27-19-6-4-5-17(14-19)15-25)29(28-16)20-11-9-18(10-12-20)21-7-2-3-8-23(21)33(26,31)32/h2-14H,15,25H2,1H3,(H,27,30)(H2,26,31,32). The summed E-state index contributed by atoms with van der Waals surface area (Å²) in [7, 11) is -3.87. The lowest BCUT2D eigenvalue weighted by Gasteiger charge is -2.11. The quantitative estimate of drug-likeness (QED) is 0.405. The number of aryl methyl sites for hydroxylation is 1. The number of nitrogens with two attached hydrogens (primary N) is 2. The zero-order valence-electron chi connectivity index (χ0n) is 17.9. The van der Waals surface area contributed by atoms with Crippen molar-refractivity contribution in [3.63, 3.8) is 0 Å². The van der Waals surface area contributed by atoms with Crippen LogP contribution in [-0.2, 0) is 16.6 Å². The van der Waals surface area contributed by atoms with Crippen molar-refractivity contribution in [3.8, 4) is 16.8 Å². The zero-order chi connectivity index (χ0) is 23.6. The molecule has 1 amide bonds. The maximum Gasteiger partial charge on any atom is 0.274 e. The number of carbonyl (C=O) groups excluding carboxylic acids is 1. The molecule has 0 unspecified atom stereocenters. The van der Waals surface area contributed by atoms with Crippen LogP contribution in [-0.4, -0.2) is 24.1 Å². The van der Waals surface area contributed by atoms with Crippen LogP contribution in [0.15, 0.2) is 83.8 Å². The first-order valence-corrected chi connectivity index (χ1v) is 11.7. The first kappa shape index (κ1) is 22.4. The lowest BCUT2D eigenvalue weighted by Crippen LogP contribution is -2.17. The molecule has 0 aliphatic heterocycles. The Hall–Kier alpha value is -3.79. The van der Waals surface area contributed by atoms with Gasteiger partial charge < -0.3 is 11.1 Å². The molecule has 33 heavy (non-hydrogen) atoms. The maximum absolute atomic E-state index is 13.0. The molecular weight excluding hydrogens is 438 g/mol. The summed E-state index contributed by atoms with van der Waals surface area (Å²) in [6, 6.07) is 22.6. The van der Waals surface area contributed by atoms with E-state index in [2.05, 4.69) is 10.4 Å². The van der Waals surface area contributed by atoms with Crippen LogP contribution in [0.1, 0.15) is 21.7 Å². The average Bonchev–Trinajstić information content (AvgIpc) is 3.20. The van der Waals surface area contributed by atoms with Crippen molar-refractivity contribution in [2.75, 3.05) is 5.32 Å². The Labute approximate surface area is 191 Å². The molecule has 0 spiro atoms. The summed E-state index contributed by atoms with van der Waals surface area (Å²) in [5, 5.41) is 12.7. The molecule has 1 heterocycles. The number of anilines is 1. The van der Waals surface area contributed by atoms with Crippen molar-refractivity contribution >= 4 is 21.6 Å². The fourth-order valence-electron chi connectivity index (χ4n) is 3.56. The summed E-state index contributed by atoms with van der Waals surface area (Å²) < 4.78 is 25.4. The second-order valence-corrected chi connectivity index (χ2v) is 9.06. The highest BCUT2D eigenvalue weighted by molar-refractivity contribution is 7.89. The Balaban J connectivity index is 1.66. The third-order valence-corrected chi connectivity index (χ3v) is 6.07. The number of primary sulfonamides is 1. The predicted octanol–water partition coefficient (Wildman–Crippen LogP) is 3.21. The van der Waals surface area contributed by atoms with Crippen LogP contribution in [0.3, 0.4) is 0 Å². The monoisotopic (exact) mass is 461 g/mol. The SMILES string of the molecule is Cc1cc(C(=O)Nc2cccc(CN)c2)n(-c2ccc(-c3ccccc3S(N)(=O)=O)cc2)n1. The number of aromatic nitrogens is 2. The van der Waals surface area contributed by atoms with E-state index in [-0.39, 0.29) is 10.8 Å². The minimum atomic E-state index is -3.87. The molecule has 0 saturated carbocycles. The van der Waals surface area contributed by atoms with Crippen LogP contribution >= 0.6 is 0 Å². The van der Waals surface area contributed by atoms with Crippen molar-refractivity contribution in [1.82, 2.24) is 9.78 Å². The van der Waals surface area contributed by atoms with Crippen molar-refractivity contribution < 1.29 is 13.2 Å². The average molecular weight is 462 g/mol. The molecule has 5 N–H and O–H groups in total. The van der Waals surface area contributed by atoms with Crippen molar-refractivity contribution in [3.05, 3.63) is 95.8 Å². The van der Waals surface area contributed by atoms with Gasteiger partial charge in [0.2, 0.25) is 10.0 Å². The van der Waals surface area contributed by atoms with Gasteiger partial charge in [-0.25, -0.2) is 18.2 Å². The highest BCUT2D eigenvalue weighted by atomic mass is 32.2. The molecule has 4 rings (SSSR count). The number of amides is 1. The topological polar surface area (TPSA) is 133 Å². The first-order chi connectivity index (χ1) is 15.8. The van der Waals surface area contributed by atoms with Gasteiger partial charge in [0.1, 0.15) is 5.69 Å². The number of benzene rings is 3. The number of rotatable bonds is 6. The van der Waals surface area contributed by atoms with Gasteiger partial charge in [-0.3, -0.25) is 4.79 Å². The highest BCUT2D eigenvalue weighted by Gasteiger charge is 2.17. The Bertz CT molecular complexity index is 1430. The van der Waals surface area contributed by atoms with Crippen LogP contribution in [0.5, 0.6) is 0 Å². The molecule has 0 fully saturated rings. The second kappa shape index (κ2) is 8.99. The Morgan fingerprint density at radius 3 is 2.42 bits per heavy atom. The van der Waals surface area contributed by atoms with E-state index >= 15 is 0 Å². The van der Waals surface area contributed by atoms with Gasteiger partial charge in [-0.05, 0) is 54.4 Å². The van der Waals surface area contributed by atoms with Crippen LogP contribution < -0.4 is 16.2 Å². The zero-order valence-corrected chi connectivity index (χ0v) is 18.7. The van der Waals surface area contributed by atoms with E-state index in [4.69, 9.17) is 10.9 Å². The molecule has 3 aromatic carbocycles. The number of nitrogens with one attached hydrogen (secondary N) is 1. The van der Waals surface area contributed by atoms with E-state index in [0.717, 1.165) is 5.56 Å². The van der Waals surface area contributed by atoms with Crippen molar-refractivity contribution in [2.45, 2.75) is 18.4 Å². The van der Waals surface area contributed by atoms with E-state index in [0.29, 0.717) is 40.4 Å². The normalized spacial score (nSPS) is 11.4. The number of sulfonamides is 1. The van der Waals surface area contributed by atoms with Gasteiger partial charge in [-0.15, -0.1) is 0 Å². The molecule has 1 aromatic heterocycles. The number of carbonyl (C=O) groups is 1. The number of nitrogens with zero attached hydrogens (tertiary/aromatic N) is 2. The maximum atomic E-state index is 13.0. The van der Waals surface area contributed by atoms with E-state index in [9.17, 15) is 13.2 Å². The molecule has 0 aliphatic carbocycles. The lowest BCUT2D eigenvalue weighted by atomic mass is 10.1. The van der Waals surface area contributed by atoms with E-state index in [1.165, 1.54) is 6.07 Å². The van der Waals surface area contributed by atoms with Crippen LogP contribution in [0.4, 0.5) is 5.69 Å². The van der Waals surface area contributed by atoms with Gasteiger partial charge in [0.15, 0.2) is 0 Å². The van der Waals surface area contributed by atoms with E-state index in [1.807, 2.05) is 18.2 Å². The summed E-state index contributed by atoms with van der Waals surface area (Å²) in [4.78, 5) is 13.0. The molecule has 0 saturated heterocycles. The molecule has 168 valence electrons. The highest BCUT2D eigenvalue weighted by Crippen LogP contribution is 2.27. The number of hydrogen-bond donors (Lipinski definition) is 3. The molecule has 0 radical (unpaired) electrons. The second-order valence-electron chi connectivity index (χ2n) is 7.53. The van der Waals surface area contributed by atoms with Crippen molar-refractivity contribution in [2.24, 2.45) is 10.9 Å². The lowest BCUT2D eigenvalue weighted by molar-refractivity contribution is 0.101. The largest absolute Gasteiger partial charge is 0.326 e. The fourth-order valence-corrected chi connectivity index (χ4v) is 4.33. The molecule has 0 aliphatic rings. The molecule has 9 heteroatoms. The van der Waals surface area contributed by atoms with Crippen molar-refractivity contribution in [1.29, 1.82) is 0 Å².